The summed E-state index contributed by atoms with van der Waals surface area (Å²) >= 11 is 0. The molecule has 0 radical (unpaired) electrons. The van der Waals surface area contributed by atoms with E-state index in [0.717, 1.165) is 38.8 Å². The predicted octanol–water partition coefficient (Wildman–Crippen LogP) is 0.826. The number of rotatable bonds is 4. The summed E-state index contributed by atoms with van der Waals surface area (Å²) < 4.78 is 28.3. The van der Waals surface area contributed by atoms with Crippen LogP contribution in [0.4, 0.5) is 0 Å². The Bertz CT molecular complexity index is 342. The molecule has 0 aromatic rings. The quantitative estimate of drug-likeness (QED) is 0.814. The van der Waals surface area contributed by atoms with Crippen molar-refractivity contribution in [3.05, 3.63) is 0 Å². The van der Waals surface area contributed by atoms with Crippen molar-refractivity contribution in [3.8, 4) is 0 Å². The van der Waals surface area contributed by atoms with E-state index < -0.39 is 9.84 Å². The number of hydrogen-bond donors (Lipinski definition) is 1. The van der Waals surface area contributed by atoms with Gasteiger partial charge in [0.05, 0.1) is 18.1 Å². The van der Waals surface area contributed by atoms with Crippen LogP contribution in [0.2, 0.25) is 0 Å². The lowest BCUT2D eigenvalue weighted by Crippen LogP contribution is -2.27. The van der Waals surface area contributed by atoms with Gasteiger partial charge in [-0.05, 0) is 44.1 Å². The van der Waals surface area contributed by atoms with Crippen LogP contribution in [0.15, 0.2) is 0 Å². The van der Waals surface area contributed by atoms with Crippen molar-refractivity contribution in [1.82, 2.24) is 5.32 Å². The zero-order chi connectivity index (χ0) is 12.3. The maximum Gasteiger partial charge on any atom is 0.150 e. The molecule has 2 saturated heterocycles. The SMILES string of the molecule is COCC1CC(CC2CCCS(=O)(=O)C2)CN1. The van der Waals surface area contributed by atoms with E-state index in [4.69, 9.17) is 4.74 Å². The van der Waals surface area contributed by atoms with E-state index in [1.165, 1.54) is 0 Å². The van der Waals surface area contributed by atoms with Gasteiger partial charge in [-0.25, -0.2) is 8.42 Å². The fourth-order valence-corrected chi connectivity index (χ4v) is 4.98. The van der Waals surface area contributed by atoms with Gasteiger partial charge in [0, 0.05) is 13.2 Å². The molecular weight excluding hydrogens is 238 g/mol. The highest BCUT2D eigenvalue weighted by Gasteiger charge is 2.30. The smallest absolute Gasteiger partial charge is 0.150 e. The molecular formula is C12H23NO3S. The molecule has 0 aromatic carbocycles. The third-order valence-electron chi connectivity index (χ3n) is 3.90. The Balaban J connectivity index is 1.78. The van der Waals surface area contributed by atoms with Gasteiger partial charge in [0.15, 0.2) is 9.84 Å². The van der Waals surface area contributed by atoms with Gasteiger partial charge in [-0.3, -0.25) is 0 Å². The molecule has 0 aromatic heterocycles. The molecule has 0 saturated carbocycles. The summed E-state index contributed by atoms with van der Waals surface area (Å²) in [5.41, 5.74) is 0. The van der Waals surface area contributed by atoms with E-state index in [2.05, 4.69) is 5.32 Å². The van der Waals surface area contributed by atoms with Crippen molar-refractivity contribution < 1.29 is 13.2 Å². The summed E-state index contributed by atoms with van der Waals surface area (Å²) in [6, 6.07) is 0.463. The van der Waals surface area contributed by atoms with Crippen LogP contribution in [0.25, 0.3) is 0 Å². The summed E-state index contributed by atoms with van der Waals surface area (Å²) in [6.45, 7) is 1.78. The third kappa shape index (κ3) is 3.93. The highest BCUT2D eigenvalue weighted by Crippen LogP contribution is 2.28. The first kappa shape index (κ1) is 13.3. The molecule has 2 heterocycles. The molecule has 17 heavy (non-hydrogen) atoms. The number of hydrogen-bond acceptors (Lipinski definition) is 4. The van der Waals surface area contributed by atoms with E-state index in [-0.39, 0.29) is 0 Å². The molecule has 3 unspecified atom stereocenters. The highest BCUT2D eigenvalue weighted by molar-refractivity contribution is 7.91. The van der Waals surface area contributed by atoms with Crippen LogP contribution in [0.1, 0.15) is 25.7 Å². The molecule has 2 aliphatic heterocycles. The molecule has 1 N–H and O–H groups in total. The van der Waals surface area contributed by atoms with Gasteiger partial charge in [0.1, 0.15) is 0 Å². The maximum atomic E-state index is 11.6. The summed E-state index contributed by atoms with van der Waals surface area (Å²) in [7, 11) is -1.02. The second-order valence-electron chi connectivity index (χ2n) is 5.52. The normalized spacial score (nSPS) is 37.1. The lowest BCUT2D eigenvalue weighted by molar-refractivity contribution is 0.171. The molecule has 0 amide bonds. The van der Waals surface area contributed by atoms with Crippen molar-refractivity contribution in [2.75, 3.05) is 31.8 Å². The molecule has 100 valence electrons. The third-order valence-corrected chi connectivity index (χ3v) is 5.79. The number of sulfone groups is 1. The molecule has 0 aliphatic carbocycles. The van der Waals surface area contributed by atoms with Gasteiger partial charge in [0.25, 0.3) is 0 Å². The maximum absolute atomic E-state index is 11.6. The van der Waals surface area contributed by atoms with Gasteiger partial charge in [0.2, 0.25) is 0 Å². The summed E-state index contributed by atoms with van der Waals surface area (Å²) in [5, 5.41) is 3.44. The Morgan fingerprint density at radius 2 is 2.18 bits per heavy atom. The molecule has 2 aliphatic rings. The predicted molar refractivity (Wildman–Crippen MR) is 67.8 cm³/mol. The van der Waals surface area contributed by atoms with E-state index in [1.54, 1.807) is 7.11 Å². The standard InChI is InChI=1S/C12H23NO3S/c1-16-8-12-6-11(7-13-12)5-10-3-2-4-17(14,15)9-10/h10-13H,2-9H2,1H3. The van der Waals surface area contributed by atoms with Crippen molar-refractivity contribution in [3.63, 3.8) is 0 Å². The topological polar surface area (TPSA) is 55.4 Å². The number of nitrogens with one attached hydrogen (secondary N) is 1. The first-order valence-corrected chi connectivity index (χ1v) is 8.34. The van der Waals surface area contributed by atoms with E-state index in [9.17, 15) is 8.42 Å². The Morgan fingerprint density at radius 3 is 2.88 bits per heavy atom. The first-order valence-electron chi connectivity index (χ1n) is 6.52. The van der Waals surface area contributed by atoms with Crippen LogP contribution < -0.4 is 5.32 Å². The average molecular weight is 261 g/mol. The van der Waals surface area contributed by atoms with Crippen LogP contribution in [0.3, 0.4) is 0 Å². The van der Waals surface area contributed by atoms with E-state index in [0.29, 0.717) is 29.4 Å². The van der Waals surface area contributed by atoms with Crippen LogP contribution in [0, 0.1) is 11.8 Å². The van der Waals surface area contributed by atoms with Crippen molar-refractivity contribution in [2.45, 2.75) is 31.7 Å². The minimum absolute atomic E-state index is 0.391. The molecule has 3 atom stereocenters. The lowest BCUT2D eigenvalue weighted by Gasteiger charge is -2.24. The van der Waals surface area contributed by atoms with E-state index >= 15 is 0 Å². The molecule has 2 fully saturated rings. The monoisotopic (exact) mass is 261 g/mol. The molecule has 0 bridgehead atoms. The Hall–Kier alpha value is -0.130. The summed E-state index contributed by atoms with van der Waals surface area (Å²) in [5.74, 6) is 1.84. The van der Waals surface area contributed by atoms with Gasteiger partial charge in [-0.1, -0.05) is 0 Å². The molecule has 0 spiro atoms. The van der Waals surface area contributed by atoms with Crippen LogP contribution >= 0.6 is 0 Å². The Labute approximate surface area is 104 Å². The summed E-state index contributed by atoms with van der Waals surface area (Å²) in [4.78, 5) is 0. The lowest BCUT2D eigenvalue weighted by atomic mass is 9.90. The second-order valence-corrected chi connectivity index (χ2v) is 7.75. The largest absolute Gasteiger partial charge is 0.383 e. The van der Waals surface area contributed by atoms with Crippen molar-refractivity contribution in [1.29, 1.82) is 0 Å². The number of ether oxygens (including phenoxy) is 1. The van der Waals surface area contributed by atoms with Gasteiger partial charge in [-0.15, -0.1) is 0 Å². The Kier molecular flexibility index (Phi) is 4.44. The fourth-order valence-electron chi connectivity index (χ4n) is 3.19. The van der Waals surface area contributed by atoms with Crippen molar-refractivity contribution >= 4 is 9.84 Å². The minimum atomic E-state index is -2.74. The molecule has 2 rings (SSSR count). The zero-order valence-corrected chi connectivity index (χ0v) is 11.3. The molecule has 4 nitrogen and oxygen atoms in total. The molecule has 5 heteroatoms. The second kappa shape index (κ2) is 5.67. The van der Waals surface area contributed by atoms with Crippen molar-refractivity contribution in [2.24, 2.45) is 11.8 Å². The fraction of sp³-hybridized carbons (Fsp3) is 1.00. The zero-order valence-electron chi connectivity index (χ0n) is 10.5. The Morgan fingerprint density at radius 1 is 1.35 bits per heavy atom. The van der Waals surface area contributed by atoms with Gasteiger partial charge < -0.3 is 10.1 Å². The van der Waals surface area contributed by atoms with Gasteiger partial charge in [-0.2, -0.15) is 0 Å². The van der Waals surface area contributed by atoms with Crippen LogP contribution in [-0.4, -0.2) is 46.2 Å². The number of methoxy groups -OCH3 is 1. The van der Waals surface area contributed by atoms with E-state index in [1.807, 2.05) is 0 Å². The van der Waals surface area contributed by atoms with Crippen LogP contribution in [0.5, 0.6) is 0 Å². The minimum Gasteiger partial charge on any atom is -0.383 e. The average Bonchev–Trinajstić information content (AvgIpc) is 2.64. The summed E-state index contributed by atoms with van der Waals surface area (Å²) in [6.07, 6.45) is 4.14. The first-order chi connectivity index (χ1) is 8.09. The van der Waals surface area contributed by atoms with Gasteiger partial charge >= 0.3 is 0 Å². The van der Waals surface area contributed by atoms with Crippen LogP contribution in [-0.2, 0) is 14.6 Å². The highest BCUT2D eigenvalue weighted by atomic mass is 32.2.